The van der Waals surface area contributed by atoms with Gasteiger partial charge in [-0.1, -0.05) is 121 Å². The Balaban J connectivity index is 1.72. The summed E-state index contributed by atoms with van der Waals surface area (Å²) in [5.74, 6) is -1.14. The van der Waals surface area contributed by atoms with E-state index in [1.165, 1.54) is 38.5 Å². The molecule has 0 radical (unpaired) electrons. The van der Waals surface area contributed by atoms with Gasteiger partial charge in [-0.3, -0.25) is 18.6 Å². The molecule has 10 atom stereocenters. The van der Waals surface area contributed by atoms with Crippen molar-refractivity contribution in [1.29, 1.82) is 0 Å². The molecule has 1 aliphatic heterocycles. The van der Waals surface area contributed by atoms with Crippen molar-refractivity contribution in [1.82, 2.24) is 0 Å². The number of aliphatic hydroxyl groups is 5. The van der Waals surface area contributed by atoms with Crippen molar-refractivity contribution in [3.05, 3.63) is 36.5 Å². The van der Waals surface area contributed by atoms with Gasteiger partial charge < -0.3 is 44.6 Å². The normalized spacial score (nSPS) is 25.9. The first-order chi connectivity index (χ1) is 28.9. The minimum absolute atomic E-state index is 0.0739. The number of allylic oxidation sites excluding steroid dienone is 5. The van der Waals surface area contributed by atoms with Gasteiger partial charge >= 0.3 is 19.8 Å². The number of epoxide rings is 1. The molecular formula is C45H79O14P. The van der Waals surface area contributed by atoms with Crippen LogP contribution in [0.3, 0.4) is 0 Å². The highest BCUT2D eigenvalue weighted by Crippen LogP contribution is 2.47. The van der Waals surface area contributed by atoms with Crippen LogP contribution in [0.2, 0.25) is 0 Å². The number of unbranched alkanes of at least 4 members (excludes halogenated alkanes) is 15. The van der Waals surface area contributed by atoms with E-state index in [9.17, 15) is 44.6 Å². The number of ether oxygens (including phenoxy) is 3. The zero-order valence-corrected chi connectivity index (χ0v) is 37.3. The molecule has 0 aromatic heterocycles. The monoisotopic (exact) mass is 875 g/mol. The predicted molar refractivity (Wildman–Crippen MR) is 230 cm³/mol. The van der Waals surface area contributed by atoms with Crippen LogP contribution in [-0.2, 0) is 37.4 Å². The molecule has 0 aromatic carbocycles. The molecule has 60 heavy (non-hydrogen) atoms. The smallest absolute Gasteiger partial charge is 0.462 e. The zero-order chi connectivity index (χ0) is 44.0. The summed E-state index contributed by atoms with van der Waals surface area (Å²) in [7, 11) is -5.13. The average Bonchev–Trinajstić information content (AvgIpc) is 3.99. The maximum Gasteiger partial charge on any atom is 0.472 e. The number of phosphoric acid groups is 1. The van der Waals surface area contributed by atoms with E-state index in [4.69, 9.17) is 23.3 Å². The van der Waals surface area contributed by atoms with Gasteiger partial charge in [-0.25, -0.2) is 4.57 Å². The van der Waals surface area contributed by atoms with Crippen LogP contribution in [0.25, 0.3) is 0 Å². The van der Waals surface area contributed by atoms with E-state index < -0.39 is 75.7 Å². The first-order valence-corrected chi connectivity index (χ1v) is 24.4. The molecule has 14 nitrogen and oxygen atoms in total. The van der Waals surface area contributed by atoms with Crippen LogP contribution < -0.4 is 0 Å². The number of carbonyl (C=O) groups excluding carboxylic acids is 2. The number of phosphoric ester groups is 1. The summed E-state index contributed by atoms with van der Waals surface area (Å²) in [4.78, 5) is 35.7. The Kier molecular flexibility index (Phi) is 29.5. The molecule has 1 heterocycles. The predicted octanol–water partition coefficient (Wildman–Crippen LogP) is 7.60. The number of esters is 2. The van der Waals surface area contributed by atoms with Crippen LogP contribution in [0, 0.1) is 0 Å². The lowest BCUT2D eigenvalue weighted by atomic mass is 9.85. The molecule has 0 spiro atoms. The van der Waals surface area contributed by atoms with E-state index in [-0.39, 0.29) is 12.8 Å². The summed E-state index contributed by atoms with van der Waals surface area (Å²) >= 11 is 0. The van der Waals surface area contributed by atoms with Crippen LogP contribution in [0.4, 0.5) is 0 Å². The number of aliphatic hydroxyl groups excluding tert-OH is 5. The van der Waals surface area contributed by atoms with Crippen LogP contribution >= 0.6 is 7.82 Å². The number of hydrogen-bond acceptors (Lipinski definition) is 13. The van der Waals surface area contributed by atoms with Gasteiger partial charge in [0.1, 0.15) is 43.2 Å². The fourth-order valence-corrected chi connectivity index (χ4v) is 8.00. The lowest BCUT2D eigenvalue weighted by Gasteiger charge is -2.41. The highest BCUT2D eigenvalue weighted by Gasteiger charge is 2.51. The van der Waals surface area contributed by atoms with E-state index in [1.807, 2.05) is 0 Å². The molecule has 6 N–H and O–H groups in total. The maximum absolute atomic E-state index is 12.8. The van der Waals surface area contributed by atoms with Crippen molar-refractivity contribution in [3.8, 4) is 0 Å². The summed E-state index contributed by atoms with van der Waals surface area (Å²) < 4.78 is 39.3. The summed E-state index contributed by atoms with van der Waals surface area (Å²) in [6.07, 6.45) is 23.6. The molecule has 1 saturated heterocycles. The second-order valence-electron chi connectivity index (χ2n) is 16.3. The summed E-state index contributed by atoms with van der Waals surface area (Å²) in [5, 5.41) is 50.1. The fourth-order valence-electron chi connectivity index (χ4n) is 7.03. The van der Waals surface area contributed by atoms with E-state index >= 15 is 0 Å². The molecule has 2 fully saturated rings. The third-order valence-corrected chi connectivity index (χ3v) is 11.9. The van der Waals surface area contributed by atoms with Gasteiger partial charge in [0.15, 0.2) is 6.10 Å². The summed E-state index contributed by atoms with van der Waals surface area (Å²) in [5.41, 5.74) is 0. The van der Waals surface area contributed by atoms with Gasteiger partial charge in [0, 0.05) is 12.8 Å². The average molecular weight is 875 g/mol. The molecule has 15 heteroatoms. The van der Waals surface area contributed by atoms with Crippen molar-refractivity contribution < 1.29 is 67.8 Å². The van der Waals surface area contributed by atoms with E-state index in [0.717, 1.165) is 89.9 Å². The summed E-state index contributed by atoms with van der Waals surface area (Å²) in [6, 6.07) is 0. The van der Waals surface area contributed by atoms with Crippen molar-refractivity contribution in [2.45, 2.75) is 223 Å². The Hall–Kier alpha value is -1.97. The molecule has 1 saturated carbocycles. The molecule has 0 aromatic rings. The van der Waals surface area contributed by atoms with Gasteiger partial charge in [-0.2, -0.15) is 0 Å². The second-order valence-corrected chi connectivity index (χ2v) is 17.7. The standard InChI is InChI=1S/C45H79O14P/c1-3-5-7-9-11-12-13-14-15-16-17-18-19-23-28-32-39(47)57-35(34-56-60(53,54)59-45-43(51)41(49)40(48)42(50)44(45)52)33-55-38(46)31-27-24-20-22-26-30-37-36(58-37)29-25-21-10-8-6-4-2/h11-12,14-15,21,25,35-37,40-45,48-52H,3-10,13,16-20,22-24,26-34H2,1-2H3,(H,53,54)/b12-11-,15-14-,25-21-/t35-,36?,37?,40?,41-,42+,43-,44-,45?/m1/s1. The molecule has 1 aliphatic carbocycles. The van der Waals surface area contributed by atoms with Crippen molar-refractivity contribution in [3.63, 3.8) is 0 Å². The van der Waals surface area contributed by atoms with Crippen LogP contribution in [0.1, 0.15) is 168 Å². The lowest BCUT2D eigenvalue weighted by Crippen LogP contribution is -2.64. The molecule has 2 aliphatic rings. The van der Waals surface area contributed by atoms with Gasteiger partial charge in [-0.15, -0.1) is 0 Å². The number of carbonyl (C=O) groups is 2. The van der Waals surface area contributed by atoms with Crippen LogP contribution in [0.5, 0.6) is 0 Å². The first-order valence-electron chi connectivity index (χ1n) is 22.9. The van der Waals surface area contributed by atoms with Gasteiger partial charge in [-0.05, 0) is 70.6 Å². The first kappa shape index (κ1) is 54.2. The van der Waals surface area contributed by atoms with Crippen molar-refractivity contribution in [2.24, 2.45) is 0 Å². The largest absolute Gasteiger partial charge is 0.472 e. The SMILES string of the molecule is CCCCC/C=C\C/C=C\CCCCCCCC(=O)O[C@H](COC(=O)CCCCCCCC1OC1C/C=C\CCCCC)COP(=O)(O)OC1[C@H](O)[C@H](O)C(O)[C@H](O)[C@H]1O. The van der Waals surface area contributed by atoms with Crippen LogP contribution in [0.15, 0.2) is 36.5 Å². The quantitative estimate of drug-likeness (QED) is 0.0117. The minimum Gasteiger partial charge on any atom is -0.462 e. The Morgan fingerprint density at radius 2 is 1.10 bits per heavy atom. The molecule has 2 rings (SSSR count). The molecule has 0 bridgehead atoms. The Morgan fingerprint density at radius 3 is 1.70 bits per heavy atom. The molecule has 0 amide bonds. The third kappa shape index (κ3) is 24.6. The van der Waals surface area contributed by atoms with Gasteiger partial charge in [0.05, 0.1) is 18.8 Å². The van der Waals surface area contributed by atoms with E-state index in [0.29, 0.717) is 25.0 Å². The Bertz CT molecular complexity index is 1260. The Morgan fingerprint density at radius 1 is 0.600 bits per heavy atom. The maximum atomic E-state index is 12.8. The van der Waals surface area contributed by atoms with Gasteiger partial charge in [0.2, 0.25) is 0 Å². The topological polar surface area (TPSA) is 222 Å². The van der Waals surface area contributed by atoms with Crippen molar-refractivity contribution in [2.75, 3.05) is 13.2 Å². The lowest BCUT2D eigenvalue weighted by molar-refractivity contribution is -0.220. The molecule has 348 valence electrons. The number of hydrogen-bond donors (Lipinski definition) is 6. The second kappa shape index (κ2) is 32.7. The molecular weight excluding hydrogens is 795 g/mol. The highest BCUT2D eigenvalue weighted by molar-refractivity contribution is 7.47. The fraction of sp³-hybridized carbons (Fsp3) is 0.822. The molecule has 5 unspecified atom stereocenters. The minimum atomic E-state index is -5.13. The van der Waals surface area contributed by atoms with E-state index in [2.05, 4.69) is 50.3 Å². The summed E-state index contributed by atoms with van der Waals surface area (Å²) in [6.45, 7) is 3.20. The highest BCUT2D eigenvalue weighted by atomic mass is 31.2. The van der Waals surface area contributed by atoms with E-state index in [1.54, 1.807) is 0 Å². The Labute approximate surface area is 359 Å². The van der Waals surface area contributed by atoms with Gasteiger partial charge in [0.25, 0.3) is 0 Å². The number of rotatable bonds is 36. The van der Waals surface area contributed by atoms with Crippen molar-refractivity contribution >= 4 is 19.8 Å². The zero-order valence-electron chi connectivity index (χ0n) is 36.4. The van der Waals surface area contributed by atoms with Crippen LogP contribution in [-0.4, -0.2) is 111 Å². The third-order valence-electron chi connectivity index (χ3n) is 10.9.